The van der Waals surface area contributed by atoms with E-state index in [9.17, 15) is 4.79 Å². The molecule has 9 heteroatoms. The second kappa shape index (κ2) is 12.2. The molecule has 0 bridgehead atoms. The summed E-state index contributed by atoms with van der Waals surface area (Å²) in [6, 6.07) is 13.1. The van der Waals surface area contributed by atoms with Crippen LogP contribution in [-0.4, -0.2) is 39.6 Å². The van der Waals surface area contributed by atoms with Crippen molar-refractivity contribution in [3.63, 3.8) is 0 Å². The van der Waals surface area contributed by atoms with E-state index in [1.807, 2.05) is 63.2 Å². The van der Waals surface area contributed by atoms with E-state index in [0.717, 1.165) is 41.1 Å². The number of ether oxygens (including phenoxy) is 2. The highest BCUT2D eigenvalue weighted by molar-refractivity contribution is 7.99. The fourth-order valence-corrected chi connectivity index (χ4v) is 4.89. The zero-order chi connectivity index (χ0) is 26.4. The minimum absolute atomic E-state index is 0.200. The second-order valence-electron chi connectivity index (χ2n) is 8.89. The topological polar surface area (TPSA) is 90.3 Å². The zero-order valence-electron chi connectivity index (χ0n) is 22.1. The number of carbonyl (C=O) groups is 1. The smallest absolute Gasteiger partial charge is 0.255 e. The molecule has 0 radical (unpaired) electrons. The van der Waals surface area contributed by atoms with E-state index in [0.29, 0.717) is 41.4 Å². The maximum Gasteiger partial charge on any atom is 0.255 e. The van der Waals surface area contributed by atoms with E-state index in [1.54, 1.807) is 16.4 Å². The number of thioether (sulfide) groups is 1. The maximum absolute atomic E-state index is 13.7. The average molecular weight is 522 g/mol. The van der Waals surface area contributed by atoms with Gasteiger partial charge in [-0.15, -0.1) is 5.10 Å². The third-order valence-electron chi connectivity index (χ3n) is 5.83. The van der Waals surface area contributed by atoms with Crippen LogP contribution >= 0.6 is 11.8 Å². The standard InChI is InChI=1S/C28H35N5O3S/c1-6-14-36-22-13-12-20(17-23(22)35-8-3)25-24(26(34)30-21-11-9-10-18(4)16-21)19(5)29-27-31-28(32-33(25)27)37-15-7-2/h9-13,16-17,25H,6-8,14-15H2,1-5H3,(H,30,34)(H,29,31,32). The molecule has 1 unspecified atom stereocenters. The lowest BCUT2D eigenvalue weighted by Gasteiger charge is -2.29. The molecule has 0 saturated heterocycles. The van der Waals surface area contributed by atoms with Crippen LogP contribution in [0.2, 0.25) is 0 Å². The first-order valence-corrected chi connectivity index (χ1v) is 13.8. The quantitative estimate of drug-likeness (QED) is 0.290. The number of anilines is 2. The number of hydrogen-bond donors (Lipinski definition) is 2. The molecule has 2 heterocycles. The fourth-order valence-electron chi connectivity index (χ4n) is 4.20. The summed E-state index contributed by atoms with van der Waals surface area (Å²) in [5.74, 6) is 2.65. The number of nitrogens with zero attached hydrogens (tertiary/aromatic N) is 3. The van der Waals surface area contributed by atoms with E-state index in [4.69, 9.17) is 19.6 Å². The Hall–Kier alpha value is -3.46. The summed E-state index contributed by atoms with van der Waals surface area (Å²) in [6.07, 6.45) is 1.91. The number of rotatable bonds is 11. The van der Waals surface area contributed by atoms with Gasteiger partial charge in [-0.05, 0) is 69.0 Å². The predicted molar refractivity (Wildman–Crippen MR) is 149 cm³/mol. The number of fused-ring (bicyclic) bond motifs is 1. The summed E-state index contributed by atoms with van der Waals surface area (Å²) in [5.41, 5.74) is 3.97. The van der Waals surface area contributed by atoms with Crippen molar-refractivity contribution in [3.8, 4) is 11.5 Å². The minimum atomic E-state index is -0.496. The molecule has 1 aliphatic rings. The van der Waals surface area contributed by atoms with Gasteiger partial charge in [-0.25, -0.2) is 4.68 Å². The number of nitrogens with one attached hydrogen (secondary N) is 2. The highest BCUT2D eigenvalue weighted by atomic mass is 32.2. The number of carbonyl (C=O) groups excluding carboxylic acids is 1. The van der Waals surface area contributed by atoms with Gasteiger partial charge in [-0.3, -0.25) is 4.79 Å². The first-order valence-electron chi connectivity index (χ1n) is 12.8. The minimum Gasteiger partial charge on any atom is -0.490 e. The molecule has 196 valence electrons. The highest BCUT2D eigenvalue weighted by Crippen LogP contribution is 2.40. The van der Waals surface area contributed by atoms with Crippen LogP contribution in [0.5, 0.6) is 11.5 Å². The lowest BCUT2D eigenvalue weighted by molar-refractivity contribution is -0.113. The molecule has 8 nitrogen and oxygen atoms in total. The van der Waals surface area contributed by atoms with Crippen LogP contribution in [0, 0.1) is 6.92 Å². The Bertz CT molecular complexity index is 1290. The maximum atomic E-state index is 13.7. The summed E-state index contributed by atoms with van der Waals surface area (Å²) >= 11 is 1.60. The van der Waals surface area contributed by atoms with E-state index in [2.05, 4.69) is 24.5 Å². The van der Waals surface area contributed by atoms with Crippen molar-refractivity contribution in [2.75, 3.05) is 29.6 Å². The lowest BCUT2D eigenvalue weighted by atomic mass is 9.94. The van der Waals surface area contributed by atoms with Crippen molar-refractivity contribution >= 4 is 29.3 Å². The molecule has 1 aliphatic heterocycles. The van der Waals surface area contributed by atoms with Gasteiger partial charge in [0.25, 0.3) is 5.91 Å². The molecule has 2 aromatic carbocycles. The van der Waals surface area contributed by atoms with E-state index in [1.165, 1.54) is 0 Å². The van der Waals surface area contributed by atoms with Gasteiger partial charge in [0.1, 0.15) is 6.04 Å². The number of allylic oxidation sites excluding steroid dienone is 1. The van der Waals surface area contributed by atoms with Gasteiger partial charge >= 0.3 is 0 Å². The lowest BCUT2D eigenvalue weighted by Crippen LogP contribution is -2.31. The zero-order valence-corrected chi connectivity index (χ0v) is 22.9. The van der Waals surface area contributed by atoms with Gasteiger partial charge in [0.15, 0.2) is 11.5 Å². The van der Waals surface area contributed by atoms with Crippen molar-refractivity contribution < 1.29 is 14.3 Å². The summed E-state index contributed by atoms with van der Waals surface area (Å²) in [7, 11) is 0. The van der Waals surface area contributed by atoms with E-state index in [-0.39, 0.29) is 5.91 Å². The normalized spacial score (nSPS) is 14.7. The van der Waals surface area contributed by atoms with Crippen LogP contribution in [0.15, 0.2) is 58.9 Å². The molecule has 1 atom stereocenters. The average Bonchev–Trinajstić information content (AvgIpc) is 3.28. The molecule has 0 fully saturated rings. The molecular weight excluding hydrogens is 486 g/mol. The number of benzene rings is 2. The molecule has 1 amide bonds. The monoisotopic (exact) mass is 521 g/mol. The van der Waals surface area contributed by atoms with Crippen molar-refractivity contribution in [1.82, 2.24) is 14.8 Å². The molecule has 0 spiro atoms. The van der Waals surface area contributed by atoms with Crippen LogP contribution in [0.1, 0.15) is 57.7 Å². The Morgan fingerprint density at radius 2 is 1.92 bits per heavy atom. The van der Waals surface area contributed by atoms with Gasteiger partial charge in [0, 0.05) is 17.1 Å². The number of hydrogen-bond acceptors (Lipinski definition) is 7. The molecular formula is C28H35N5O3S. The SMILES string of the molecule is CCCOc1ccc(C2C(C(=O)Nc3cccc(C)c3)=C(C)Nc3nc(SCCC)nn32)cc1OCC. The van der Waals surface area contributed by atoms with E-state index < -0.39 is 6.04 Å². The van der Waals surface area contributed by atoms with Crippen LogP contribution < -0.4 is 20.1 Å². The number of aryl methyl sites for hydroxylation is 1. The highest BCUT2D eigenvalue weighted by Gasteiger charge is 2.35. The molecule has 4 rings (SSSR count). The number of aromatic nitrogens is 3. The van der Waals surface area contributed by atoms with Crippen molar-refractivity contribution in [2.24, 2.45) is 0 Å². The molecule has 37 heavy (non-hydrogen) atoms. The summed E-state index contributed by atoms with van der Waals surface area (Å²) in [6.45, 7) is 11.1. The van der Waals surface area contributed by atoms with Crippen LogP contribution in [0.3, 0.4) is 0 Å². The van der Waals surface area contributed by atoms with Gasteiger partial charge in [0.05, 0.1) is 18.8 Å². The van der Waals surface area contributed by atoms with Crippen LogP contribution in [0.25, 0.3) is 0 Å². The Morgan fingerprint density at radius 1 is 1.08 bits per heavy atom. The first kappa shape index (κ1) is 26.6. The molecule has 2 N–H and O–H groups in total. The van der Waals surface area contributed by atoms with Gasteiger partial charge < -0.3 is 20.1 Å². The first-order chi connectivity index (χ1) is 17.9. The van der Waals surface area contributed by atoms with E-state index >= 15 is 0 Å². The van der Waals surface area contributed by atoms with Gasteiger partial charge in [-0.1, -0.05) is 43.8 Å². The van der Waals surface area contributed by atoms with Crippen molar-refractivity contribution in [2.45, 2.75) is 58.7 Å². The fraction of sp³-hybridized carbons (Fsp3) is 0.393. The summed E-state index contributed by atoms with van der Waals surface area (Å²) < 4.78 is 13.7. The Balaban J connectivity index is 1.78. The Morgan fingerprint density at radius 3 is 2.65 bits per heavy atom. The third kappa shape index (κ3) is 6.10. The predicted octanol–water partition coefficient (Wildman–Crippen LogP) is 6.20. The summed E-state index contributed by atoms with van der Waals surface area (Å²) in [4.78, 5) is 18.5. The Kier molecular flexibility index (Phi) is 8.76. The summed E-state index contributed by atoms with van der Waals surface area (Å²) in [5, 5.41) is 11.9. The molecule has 0 aliphatic carbocycles. The third-order valence-corrected chi connectivity index (χ3v) is 6.88. The molecule has 1 aromatic heterocycles. The van der Waals surface area contributed by atoms with Crippen LogP contribution in [0.4, 0.5) is 11.6 Å². The van der Waals surface area contributed by atoms with Crippen molar-refractivity contribution in [3.05, 3.63) is 64.9 Å². The van der Waals surface area contributed by atoms with Crippen molar-refractivity contribution in [1.29, 1.82) is 0 Å². The Labute approximate surface area is 222 Å². The molecule has 0 saturated carbocycles. The van der Waals surface area contributed by atoms with Gasteiger partial charge in [0.2, 0.25) is 11.1 Å². The van der Waals surface area contributed by atoms with Crippen LogP contribution in [-0.2, 0) is 4.79 Å². The molecule has 3 aromatic rings. The number of amides is 1. The second-order valence-corrected chi connectivity index (χ2v) is 9.95. The largest absolute Gasteiger partial charge is 0.490 e. The van der Waals surface area contributed by atoms with Gasteiger partial charge in [-0.2, -0.15) is 4.98 Å².